The molecule has 0 aliphatic heterocycles. The second kappa shape index (κ2) is 5.25. The maximum absolute atomic E-state index is 12.7. The second-order valence-corrected chi connectivity index (χ2v) is 4.15. The molecule has 1 rings (SSSR count). The van der Waals surface area contributed by atoms with Crippen LogP contribution in [0.4, 0.5) is 4.39 Å². The maximum Gasteiger partial charge on any atom is 0.123 e. The van der Waals surface area contributed by atoms with Crippen LogP contribution < -0.4 is 5.73 Å². The Bertz CT molecular complexity index is 263. The monoisotopic (exact) mass is 199 g/mol. The molecule has 0 heterocycles. The highest BCUT2D eigenvalue weighted by Gasteiger charge is 1.97. The van der Waals surface area contributed by atoms with Gasteiger partial charge in [-0.15, -0.1) is 0 Å². The minimum Gasteiger partial charge on any atom is -0.327 e. The van der Waals surface area contributed by atoms with E-state index in [0.29, 0.717) is 0 Å². The quantitative estimate of drug-likeness (QED) is 0.806. The van der Waals surface area contributed by atoms with Crippen LogP contribution in [0.3, 0.4) is 0 Å². The van der Waals surface area contributed by atoms with Crippen molar-refractivity contribution in [3.05, 3.63) is 35.6 Å². The summed E-state index contributed by atoms with van der Waals surface area (Å²) in [7, 11) is 0. The van der Waals surface area contributed by atoms with Crippen molar-refractivity contribution in [2.24, 2.45) is 5.73 Å². The zero-order valence-corrected chi connectivity index (χ0v) is 8.48. The van der Waals surface area contributed by atoms with Gasteiger partial charge in [-0.05, 0) is 24.6 Å². The van der Waals surface area contributed by atoms with Crippen molar-refractivity contribution >= 4 is 11.8 Å². The van der Waals surface area contributed by atoms with Gasteiger partial charge in [0.15, 0.2) is 0 Å². The Morgan fingerprint density at radius 2 is 2.31 bits per heavy atom. The van der Waals surface area contributed by atoms with Crippen LogP contribution in [0, 0.1) is 5.82 Å². The van der Waals surface area contributed by atoms with E-state index < -0.39 is 0 Å². The number of halogens is 1. The summed E-state index contributed by atoms with van der Waals surface area (Å²) in [6.45, 7) is 1.97. The molecule has 0 bridgehead atoms. The van der Waals surface area contributed by atoms with Crippen molar-refractivity contribution in [3.8, 4) is 0 Å². The average Bonchev–Trinajstić information content (AvgIpc) is 2.03. The Morgan fingerprint density at radius 3 is 2.92 bits per heavy atom. The van der Waals surface area contributed by atoms with Crippen LogP contribution in [0.25, 0.3) is 0 Å². The van der Waals surface area contributed by atoms with Gasteiger partial charge in [0.1, 0.15) is 5.82 Å². The van der Waals surface area contributed by atoms with Gasteiger partial charge in [-0.25, -0.2) is 4.39 Å². The van der Waals surface area contributed by atoms with E-state index in [9.17, 15) is 4.39 Å². The standard InChI is InChI=1S/C10H14FNS/c1-8(12)6-13-7-9-3-2-4-10(11)5-9/h2-5,8H,6-7,12H2,1H3. The zero-order chi connectivity index (χ0) is 9.68. The third kappa shape index (κ3) is 4.29. The Kier molecular flexibility index (Phi) is 4.25. The van der Waals surface area contributed by atoms with Gasteiger partial charge in [0, 0.05) is 17.5 Å². The van der Waals surface area contributed by atoms with Crippen molar-refractivity contribution in [1.29, 1.82) is 0 Å². The van der Waals surface area contributed by atoms with Crippen LogP contribution in [0.2, 0.25) is 0 Å². The molecule has 1 unspecified atom stereocenters. The van der Waals surface area contributed by atoms with Crippen LogP contribution in [0.5, 0.6) is 0 Å². The highest BCUT2D eigenvalue weighted by atomic mass is 32.2. The van der Waals surface area contributed by atoms with E-state index in [2.05, 4.69) is 0 Å². The van der Waals surface area contributed by atoms with E-state index in [1.54, 1.807) is 23.9 Å². The lowest BCUT2D eigenvalue weighted by Crippen LogP contribution is -2.17. The molecule has 72 valence electrons. The first-order chi connectivity index (χ1) is 6.18. The molecule has 0 aromatic heterocycles. The van der Waals surface area contributed by atoms with Gasteiger partial charge in [-0.1, -0.05) is 12.1 Å². The molecule has 1 aromatic rings. The minimum absolute atomic E-state index is 0.168. The SMILES string of the molecule is CC(N)CSCc1cccc(F)c1. The first-order valence-corrected chi connectivity index (χ1v) is 5.41. The Labute approximate surface area is 82.5 Å². The number of hydrogen-bond acceptors (Lipinski definition) is 2. The summed E-state index contributed by atoms with van der Waals surface area (Å²) in [6, 6.07) is 6.89. The normalized spacial score (nSPS) is 12.8. The molecule has 0 aliphatic rings. The Balaban J connectivity index is 2.37. The first kappa shape index (κ1) is 10.5. The van der Waals surface area contributed by atoms with Crippen LogP contribution in [-0.4, -0.2) is 11.8 Å². The predicted molar refractivity (Wildman–Crippen MR) is 56.2 cm³/mol. The number of hydrogen-bond donors (Lipinski definition) is 1. The van der Waals surface area contributed by atoms with Gasteiger partial charge in [0.05, 0.1) is 0 Å². The van der Waals surface area contributed by atoms with Crippen LogP contribution >= 0.6 is 11.8 Å². The highest BCUT2D eigenvalue weighted by molar-refractivity contribution is 7.98. The number of rotatable bonds is 4. The van der Waals surface area contributed by atoms with Gasteiger partial charge < -0.3 is 5.73 Å². The van der Waals surface area contributed by atoms with Gasteiger partial charge >= 0.3 is 0 Å². The van der Waals surface area contributed by atoms with Crippen molar-refractivity contribution in [3.63, 3.8) is 0 Å². The Morgan fingerprint density at radius 1 is 1.54 bits per heavy atom. The van der Waals surface area contributed by atoms with Gasteiger partial charge in [0.25, 0.3) is 0 Å². The zero-order valence-electron chi connectivity index (χ0n) is 7.66. The van der Waals surface area contributed by atoms with Crippen molar-refractivity contribution in [1.82, 2.24) is 0 Å². The lowest BCUT2D eigenvalue weighted by molar-refractivity contribution is 0.626. The average molecular weight is 199 g/mol. The van der Waals surface area contributed by atoms with Crippen molar-refractivity contribution in [2.45, 2.75) is 18.7 Å². The molecule has 0 saturated carbocycles. The Hall–Kier alpha value is -0.540. The molecule has 13 heavy (non-hydrogen) atoms. The van der Waals surface area contributed by atoms with E-state index >= 15 is 0 Å². The third-order valence-electron chi connectivity index (χ3n) is 1.54. The third-order valence-corrected chi connectivity index (χ3v) is 2.84. The second-order valence-electron chi connectivity index (χ2n) is 3.12. The fourth-order valence-corrected chi connectivity index (χ4v) is 1.89. The highest BCUT2D eigenvalue weighted by Crippen LogP contribution is 2.13. The summed E-state index contributed by atoms with van der Waals surface area (Å²) >= 11 is 1.73. The molecule has 3 heteroatoms. The van der Waals surface area contributed by atoms with E-state index in [1.807, 2.05) is 13.0 Å². The van der Waals surface area contributed by atoms with Crippen LogP contribution in [0.1, 0.15) is 12.5 Å². The summed E-state index contributed by atoms with van der Waals surface area (Å²) in [6.07, 6.45) is 0. The van der Waals surface area contributed by atoms with Crippen molar-refractivity contribution in [2.75, 3.05) is 5.75 Å². The van der Waals surface area contributed by atoms with E-state index in [4.69, 9.17) is 5.73 Å². The lowest BCUT2D eigenvalue weighted by Gasteiger charge is -2.04. The molecule has 1 nitrogen and oxygen atoms in total. The lowest BCUT2D eigenvalue weighted by atomic mass is 10.2. The first-order valence-electron chi connectivity index (χ1n) is 4.26. The van der Waals surface area contributed by atoms with Crippen LogP contribution in [-0.2, 0) is 5.75 Å². The van der Waals surface area contributed by atoms with E-state index in [-0.39, 0.29) is 11.9 Å². The molecule has 1 aromatic carbocycles. The molecular formula is C10H14FNS. The molecule has 0 fully saturated rings. The number of benzene rings is 1. The van der Waals surface area contributed by atoms with Crippen LogP contribution in [0.15, 0.2) is 24.3 Å². The molecule has 0 amide bonds. The maximum atomic E-state index is 12.7. The predicted octanol–water partition coefficient (Wildman–Crippen LogP) is 2.41. The molecule has 0 spiro atoms. The fraction of sp³-hybridized carbons (Fsp3) is 0.400. The fourth-order valence-electron chi connectivity index (χ4n) is 0.989. The summed E-state index contributed by atoms with van der Waals surface area (Å²) in [5.41, 5.74) is 6.61. The van der Waals surface area contributed by atoms with E-state index in [1.165, 1.54) is 6.07 Å². The largest absolute Gasteiger partial charge is 0.327 e. The van der Waals surface area contributed by atoms with Gasteiger partial charge in [-0.2, -0.15) is 11.8 Å². The summed E-state index contributed by atoms with van der Waals surface area (Å²) in [4.78, 5) is 0. The van der Waals surface area contributed by atoms with Gasteiger partial charge in [-0.3, -0.25) is 0 Å². The molecule has 0 saturated heterocycles. The van der Waals surface area contributed by atoms with E-state index in [0.717, 1.165) is 17.1 Å². The molecule has 0 radical (unpaired) electrons. The van der Waals surface area contributed by atoms with Gasteiger partial charge in [0.2, 0.25) is 0 Å². The number of thioether (sulfide) groups is 1. The molecule has 0 aliphatic carbocycles. The smallest absolute Gasteiger partial charge is 0.123 e. The molecule has 2 N–H and O–H groups in total. The van der Waals surface area contributed by atoms with Crippen molar-refractivity contribution < 1.29 is 4.39 Å². The number of nitrogens with two attached hydrogens (primary N) is 1. The summed E-state index contributed by atoms with van der Waals surface area (Å²) in [5, 5.41) is 0. The molecule has 1 atom stereocenters. The summed E-state index contributed by atoms with van der Waals surface area (Å²) < 4.78 is 12.7. The minimum atomic E-state index is -0.168. The summed E-state index contributed by atoms with van der Waals surface area (Å²) in [5.74, 6) is 1.58. The topological polar surface area (TPSA) is 26.0 Å². The molecular weight excluding hydrogens is 185 g/mol.